The average Bonchev–Trinajstić information content (AvgIpc) is 2.46. The number of nitrogens with zero attached hydrogens (tertiary/aromatic N) is 1. The van der Waals surface area contributed by atoms with Gasteiger partial charge in [-0.05, 0) is 41.3 Å². The minimum atomic E-state index is -0.137. The molecule has 0 unspecified atom stereocenters. The highest BCUT2D eigenvalue weighted by atomic mass is 16.1. The maximum absolute atomic E-state index is 12.3. The molecule has 0 aliphatic rings. The molecular formula is C19H25N3O. The molecule has 4 heteroatoms. The van der Waals surface area contributed by atoms with Gasteiger partial charge in [0, 0.05) is 25.3 Å². The summed E-state index contributed by atoms with van der Waals surface area (Å²) in [5.74, 6) is -0.137. The SMILES string of the molecule is CN(C)c1ccc(NC(=O)c2ccc(C(C)(C)C)cc2)cc1N. The van der Waals surface area contributed by atoms with E-state index in [1.54, 1.807) is 6.07 Å². The minimum absolute atomic E-state index is 0.0749. The van der Waals surface area contributed by atoms with Gasteiger partial charge in [0.25, 0.3) is 5.91 Å². The summed E-state index contributed by atoms with van der Waals surface area (Å²) in [7, 11) is 3.86. The van der Waals surface area contributed by atoms with Gasteiger partial charge in [-0.25, -0.2) is 0 Å². The number of benzene rings is 2. The fraction of sp³-hybridized carbons (Fsp3) is 0.316. The lowest BCUT2D eigenvalue weighted by Gasteiger charge is -2.19. The minimum Gasteiger partial charge on any atom is -0.397 e. The van der Waals surface area contributed by atoms with Crippen molar-refractivity contribution in [2.45, 2.75) is 26.2 Å². The molecule has 0 saturated carbocycles. The van der Waals surface area contributed by atoms with E-state index >= 15 is 0 Å². The molecule has 0 atom stereocenters. The van der Waals surface area contributed by atoms with Crippen LogP contribution in [-0.4, -0.2) is 20.0 Å². The van der Waals surface area contributed by atoms with E-state index in [-0.39, 0.29) is 11.3 Å². The van der Waals surface area contributed by atoms with Gasteiger partial charge in [-0.2, -0.15) is 0 Å². The number of amides is 1. The van der Waals surface area contributed by atoms with E-state index in [4.69, 9.17) is 5.73 Å². The van der Waals surface area contributed by atoms with E-state index in [0.29, 0.717) is 16.9 Å². The molecule has 0 aliphatic carbocycles. The molecule has 1 amide bonds. The van der Waals surface area contributed by atoms with Crippen molar-refractivity contribution in [2.24, 2.45) is 0 Å². The number of hydrogen-bond acceptors (Lipinski definition) is 3. The predicted molar refractivity (Wildman–Crippen MR) is 98.3 cm³/mol. The molecule has 2 aromatic rings. The first-order chi connectivity index (χ1) is 10.7. The Morgan fingerprint density at radius 2 is 1.65 bits per heavy atom. The van der Waals surface area contributed by atoms with Crippen LogP contribution in [0.3, 0.4) is 0 Å². The second-order valence-corrected chi connectivity index (χ2v) is 6.95. The largest absolute Gasteiger partial charge is 0.397 e. The molecule has 122 valence electrons. The number of nitrogens with one attached hydrogen (secondary N) is 1. The van der Waals surface area contributed by atoms with Crippen LogP contribution in [0, 0.1) is 0 Å². The third-order valence-corrected chi connectivity index (χ3v) is 3.78. The Morgan fingerprint density at radius 1 is 1.04 bits per heavy atom. The van der Waals surface area contributed by atoms with Gasteiger partial charge in [-0.15, -0.1) is 0 Å². The Balaban J connectivity index is 2.14. The number of anilines is 3. The van der Waals surface area contributed by atoms with Crippen LogP contribution in [0.2, 0.25) is 0 Å². The van der Waals surface area contributed by atoms with Crippen molar-refractivity contribution >= 4 is 23.0 Å². The van der Waals surface area contributed by atoms with Crippen LogP contribution in [0.4, 0.5) is 17.1 Å². The number of rotatable bonds is 3. The standard InChI is InChI=1S/C19H25N3O/c1-19(2,3)14-8-6-13(7-9-14)18(23)21-15-10-11-17(22(4)5)16(20)12-15/h6-12H,20H2,1-5H3,(H,21,23). The van der Waals surface area contributed by atoms with Crippen molar-refractivity contribution in [1.82, 2.24) is 0 Å². The molecule has 0 saturated heterocycles. The summed E-state index contributed by atoms with van der Waals surface area (Å²) in [6.45, 7) is 6.45. The Hall–Kier alpha value is -2.49. The van der Waals surface area contributed by atoms with Gasteiger partial charge in [0.05, 0.1) is 11.4 Å². The number of hydrogen-bond donors (Lipinski definition) is 2. The smallest absolute Gasteiger partial charge is 0.255 e. The highest BCUT2D eigenvalue weighted by molar-refractivity contribution is 6.04. The van der Waals surface area contributed by atoms with Gasteiger partial charge in [0.15, 0.2) is 0 Å². The summed E-state index contributed by atoms with van der Waals surface area (Å²) in [5.41, 5.74) is 10.2. The van der Waals surface area contributed by atoms with Crippen molar-refractivity contribution in [1.29, 1.82) is 0 Å². The van der Waals surface area contributed by atoms with Crippen molar-refractivity contribution in [2.75, 3.05) is 30.0 Å². The van der Waals surface area contributed by atoms with E-state index in [1.807, 2.05) is 55.4 Å². The van der Waals surface area contributed by atoms with Crippen LogP contribution in [0.15, 0.2) is 42.5 Å². The summed E-state index contributed by atoms with van der Waals surface area (Å²) in [5, 5.41) is 2.89. The Labute approximate surface area is 138 Å². The van der Waals surface area contributed by atoms with Gasteiger partial charge in [-0.1, -0.05) is 32.9 Å². The first-order valence-electron chi connectivity index (χ1n) is 7.67. The summed E-state index contributed by atoms with van der Waals surface area (Å²) in [6.07, 6.45) is 0. The zero-order chi connectivity index (χ0) is 17.2. The molecular weight excluding hydrogens is 286 g/mol. The van der Waals surface area contributed by atoms with Crippen LogP contribution >= 0.6 is 0 Å². The Kier molecular flexibility index (Phi) is 4.64. The lowest BCUT2D eigenvalue weighted by Crippen LogP contribution is -2.15. The fourth-order valence-corrected chi connectivity index (χ4v) is 2.36. The van der Waals surface area contributed by atoms with Gasteiger partial charge >= 0.3 is 0 Å². The van der Waals surface area contributed by atoms with Crippen LogP contribution in [-0.2, 0) is 5.41 Å². The summed E-state index contributed by atoms with van der Waals surface area (Å²) in [4.78, 5) is 14.3. The van der Waals surface area contributed by atoms with E-state index in [2.05, 4.69) is 26.1 Å². The first kappa shape index (κ1) is 16.9. The molecule has 0 radical (unpaired) electrons. The molecule has 0 aliphatic heterocycles. The van der Waals surface area contributed by atoms with Crippen LogP contribution in [0.5, 0.6) is 0 Å². The van der Waals surface area contributed by atoms with Crippen molar-refractivity contribution in [3.63, 3.8) is 0 Å². The Morgan fingerprint density at radius 3 is 2.13 bits per heavy atom. The Bertz CT molecular complexity index is 698. The number of nitrogen functional groups attached to an aromatic ring is 1. The second kappa shape index (κ2) is 6.32. The monoisotopic (exact) mass is 311 g/mol. The maximum Gasteiger partial charge on any atom is 0.255 e. The topological polar surface area (TPSA) is 58.4 Å². The van der Waals surface area contributed by atoms with Crippen LogP contribution in [0.1, 0.15) is 36.7 Å². The lowest BCUT2D eigenvalue weighted by molar-refractivity contribution is 0.102. The summed E-state index contributed by atoms with van der Waals surface area (Å²) in [6, 6.07) is 13.2. The predicted octanol–water partition coefficient (Wildman–Crippen LogP) is 3.88. The number of carbonyl (C=O) groups excluding carboxylic acids is 1. The van der Waals surface area contributed by atoms with Crippen molar-refractivity contribution < 1.29 is 4.79 Å². The third kappa shape index (κ3) is 4.03. The molecule has 23 heavy (non-hydrogen) atoms. The van der Waals surface area contributed by atoms with Gasteiger partial charge in [0.2, 0.25) is 0 Å². The van der Waals surface area contributed by atoms with E-state index < -0.39 is 0 Å². The number of carbonyl (C=O) groups is 1. The zero-order valence-electron chi connectivity index (χ0n) is 14.5. The molecule has 4 nitrogen and oxygen atoms in total. The van der Waals surface area contributed by atoms with Crippen molar-refractivity contribution in [3.05, 3.63) is 53.6 Å². The molecule has 0 spiro atoms. The highest BCUT2D eigenvalue weighted by Crippen LogP contribution is 2.26. The zero-order valence-corrected chi connectivity index (χ0v) is 14.5. The molecule has 3 N–H and O–H groups in total. The fourth-order valence-electron chi connectivity index (χ4n) is 2.36. The molecule has 0 aromatic heterocycles. The van der Waals surface area contributed by atoms with Crippen LogP contribution < -0.4 is 16.0 Å². The van der Waals surface area contributed by atoms with E-state index in [0.717, 1.165) is 5.69 Å². The van der Waals surface area contributed by atoms with Gasteiger partial charge in [0.1, 0.15) is 0 Å². The third-order valence-electron chi connectivity index (χ3n) is 3.78. The lowest BCUT2D eigenvalue weighted by atomic mass is 9.87. The average molecular weight is 311 g/mol. The first-order valence-corrected chi connectivity index (χ1v) is 7.67. The normalized spacial score (nSPS) is 11.2. The molecule has 0 bridgehead atoms. The molecule has 0 fully saturated rings. The summed E-state index contributed by atoms with van der Waals surface area (Å²) >= 11 is 0. The molecule has 2 rings (SSSR count). The van der Waals surface area contributed by atoms with Gasteiger partial charge < -0.3 is 16.0 Å². The number of nitrogens with two attached hydrogens (primary N) is 1. The second-order valence-electron chi connectivity index (χ2n) is 6.95. The van der Waals surface area contributed by atoms with Crippen molar-refractivity contribution in [3.8, 4) is 0 Å². The summed E-state index contributed by atoms with van der Waals surface area (Å²) < 4.78 is 0. The quantitative estimate of drug-likeness (QED) is 0.846. The highest BCUT2D eigenvalue weighted by Gasteiger charge is 2.14. The maximum atomic E-state index is 12.3. The van der Waals surface area contributed by atoms with E-state index in [9.17, 15) is 4.79 Å². The molecule has 0 heterocycles. The van der Waals surface area contributed by atoms with E-state index in [1.165, 1.54) is 5.56 Å². The van der Waals surface area contributed by atoms with Gasteiger partial charge in [-0.3, -0.25) is 4.79 Å². The molecule has 2 aromatic carbocycles. The van der Waals surface area contributed by atoms with Crippen LogP contribution in [0.25, 0.3) is 0 Å².